The number of imidazole rings is 1. The van der Waals surface area contributed by atoms with Crippen molar-refractivity contribution in [1.82, 2.24) is 19.4 Å². The van der Waals surface area contributed by atoms with E-state index in [2.05, 4.69) is 20.3 Å². The third-order valence-electron chi connectivity index (χ3n) is 3.72. The maximum Gasteiger partial charge on any atom is 0.274 e. The number of aryl methyl sites for hydroxylation is 1. The maximum absolute atomic E-state index is 13.4. The average molecular weight is 327 g/mol. The Hall–Kier alpha value is -3.29. The molecule has 0 saturated carbocycles. The second-order valence-corrected chi connectivity index (χ2v) is 5.35. The molecular formula is C16H11F2N5O. The third kappa shape index (κ3) is 2.19. The molecule has 0 saturated heterocycles. The van der Waals surface area contributed by atoms with E-state index in [1.54, 1.807) is 16.7 Å². The fraction of sp³-hybridized carbons (Fsp3) is 0.0625. The minimum absolute atomic E-state index is 0.287. The van der Waals surface area contributed by atoms with E-state index in [-0.39, 0.29) is 5.69 Å². The Balaban J connectivity index is 1.72. The predicted molar refractivity (Wildman–Crippen MR) is 83.9 cm³/mol. The highest BCUT2D eigenvalue weighted by atomic mass is 19.2. The van der Waals surface area contributed by atoms with Crippen molar-refractivity contribution in [2.45, 2.75) is 6.92 Å². The summed E-state index contributed by atoms with van der Waals surface area (Å²) in [5.41, 5.74) is 1.81. The van der Waals surface area contributed by atoms with E-state index in [1.807, 2.05) is 6.92 Å². The highest BCUT2D eigenvalue weighted by molar-refractivity contribution is 6.08. The first-order valence-electron chi connectivity index (χ1n) is 7.11. The molecule has 0 atom stereocenters. The molecule has 0 aliphatic rings. The second kappa shape index (κ2) is 5.12. The molecule has 0 aliphatic heterocycles. The summed E-state index contributed by atoms with van der Waals surface area (Å²) in [5.74, 6) is -1.96. The van der Waals surface area contributed by atoms with Gasteiger partial charge in [0.15, 0.2) is 11.6 Å². The molecule has 1 amide bonds. The van der Waals surface area contributed by atoms with Crippen LogP contribution in [0.2, 0.25) is 0 Å². The van der Waals surface area contributed by atoms with Gasteiger partial charge in [-0.2, -0.15) is 0 Å². The number of benzene rings is 1. The molecule has 0 bridgehead atoms. The number of H-pyrrole nitrogens is 1. The van der Waals surface area contributed by atoms with E-state index in [1.165, 1.54) is 12.4 Å². The highest BCUT2D eigenvalue weighted by Gasteiger charge is 2.16. The lowest BCUT2D eigenvalue weighted by Crippen LogP contribution is -2.14. The molecule has 0 unspecified atom stereocenters. The Labute approximate surface area is 134 Å². The SMILES string of the molecule is Cc1ccn2c(C(=O)Nc3c[nH]c4cc(F)c(F)cc34)cnc2n1. The van der Waals surface area contributed by atoms with E-state index in [0.717, 1.165) is 17.8 Å². The smallest absolute Gasteiger partial charge is 0.274 e. The van der Waals surface area contributed by atoms with Gasteiger partial charge < -0.3 is 10.3 Å². The zero-order chi connectivity index (χ0) is 16.8. The molecule has 120 valence electrons. The maximum atomic E-state index is 13.4. The van der Waals surface area contributed by atoms with Crippen molar-refractivity contribution >= 4 is 28.3 Å². The number of hydrogen-bond donors (Lipinski definition) is 2. The molecule has 0 fully saturated rings. The van der Waals surface area contributed by atoms with E-state index in [9.17, 15) is 13.6 Å². The Morgan fingerprint density at radius 2 is 2.08 bits per heavy atom. The first-order chi connectivity index (χ1) is 11.5. The fourth-order valence-corrected chi connectivity index (χ4v) is 2.53. The molecule has 1 aromatic carbocycles. The van der Waals surface area contributed by atoms with Gasteiger partial charge in [-0.25, -0.2) is 18.7 Å². The fourth-order valence-electron chi connectivity index (χ4n) is 2.53. The molecule has 2 N–H and O–H groups in total. The van der Waals surface area contributed by atoms with Crippen LogP contribution in [-0.2, 0) is 0 Å². The summed E-state index contributed by atoms with van der Waals surface area (Å²) >= 11 is 0. The van der Waals surface area contributed by atoms with Gasteiger partial charge in [0.1, 0.15) is 5.69 Å². The van der Waals surface area contributed by atoms with Crippen LogP contribution in [0.1, 0.15) is 16.2 Å². The normalized spacial score (nSPS) is 11.3. The van der Waals surface area contributed by atoms with Crippen LogP contribution in [0.3, 0.4) is 0 Å². The number of amides is 1. The van der Waals surface area contributed by atoms with Gasteiger partial charge in [0.2, 0.25) is 5.78 Å². The molecular weight excluding hydrogens is 316 g/mol. The minimum Gasteiger partial charge on any atom is -0.359 e. The topological polar surface area (TPSA) is 75.1 Å². The largest absolute Gasteiger partial charge is 0.359 e. The van der Waals surface area contributed by atoms with Crippen LogP contribution in [0, 0.1) is 18.6 Å². The zero-order valence-electron chi connectivity index (χ0n) is 12.5. The quantitative estimate of drug-likeness (QED) is 0.594. The number of rotatable bonds is 2. The summed E-state index contributed by atoms with van der Waals surface area (Å²) in [7, 11) is 0. The predicted octanol–water partition coefficient (Wildman–Crippen LogP) is 3.05. The van der Waals surface area contributed by atoms with E-state index < -0.39 is 17.5 Å². The molecule has 0 spiro atoms. The summed E-state index contributed by atoms with van der Waals surface area (Å²) in [4.78, 5) is 23.6. The number of carbonyl (C=O) groups excluding carboxylic acids is 1. The molecule has 3 aromatic heterocycles. The van der Waals surface area contributed by atoms with Crippen LogP contribution in [0.4, 0.5) is 14.5 Å². The van der Waals surface area contributed by atoms with Crippen molar-refractivity contribution in [3.8, 4) is 0 Å². The highest BCUT2D eigenvalue weighted by Crippen LogP contribution is 2.26. The molecule has 24 heavy (non-hydrogen) atoms. The summed E-state index contributed by atoms with van der Waals surface area (Å²) in [6, 6.07) is 3.84. The lowest BCUT2D eigenvalue weighted by atomic mass is 10.2. The van der Waals surface area contributed by atoms with Crippen molar-refractivity contribution in [3.05, 3.63) is 59.8 Å². The van der Waals surface area contributed by atoms with E-state index in [0.29, 0.717) is 22.4 Å². The monoisotopic (exact) mass is 327 g/mol. The van der Waals surface area contributed by atoms with Gasteiger partial charge in [-0.15, -0.1) is 0 Å². The number of aromatic nitrogens is 4. The number of halogens is 2. The third-order valence-corrected chi connectivity index (χ3v) is 3.72. The Morgan fingerprint density at radius 1 is 1.29 bits per heavy atom. The van der Waals surface area contributed by atoms with Crippen LogP contribution in [0.25, 0.3) is 16.7 Å². The van der Waals surface area contributed by atoms with Gasteiger partial charge in [-0.3, -0.25) is 9.20 Å². The lowest BCUT2D eigenvalue weighted by molar-refractivity contribution is 0.102. The Morgan fingerprint density at radius 3 is 2.92 bits per heavy atom. The number of nitrogens with zero attached hydrogens (tertiary/aromatic N) is 3. The van der Waals surface area contributed by atoms with Crippen LogP contribution in [0.15, 0.2) is 36.8 Å². The van der Waals surface area contributed by atoms with Gasteiger partial charge in [-0.05, 0) is 19.1 Å². The molecule has 0 aliphatic carbocycles. The first-order valence-corrected chi connectivity index (χ1v) is 7.11. The van der Waals surface area contributed by atoms with Crippen molar-refractivity contribution in [1.29, 1.82) is 0 Å². The minimum atomic E-state index is -0.980. The van der Waals surface area contributed by atoms with Gasteiger partial charge in [0.25, 0.3) is 5.91 Å². The number of hydrogen-bond acceptors (Lipinski definition) is 3. The molecule has 3 heterocycles. The van der Waals surface area contributed by atoms with Crippen molar-refractivity contribution < 1.29 is 13.6 Å². The van der Waals surface area contributed by atoms with Gasteiger partial charge in [0.05, 0.1) is 17.4 Å². The average Bonchev–Trinajstić information content (AvgIpc) is 3.12. The number of aromatic amines is 1. The van der Waals surface area contributed by atoms with Crippen LogP contribution in [0.5, 0.6) is 0 Å². The van der Waals surface area contributed by atoms with Crippen LogP contribution < -0.4 is 5.32 Å². The number of anilines is 1. The molecule has 4 rings (SSSR count). The molecule has 6 nitrogen and oxygen atoms in total. The molecule has 8 heteroatoms. The summed E-state index contributed by atoms with van der Waals surface area (Å²) in [6.07, 6.45) is 4.59. The van der Waals surface area contributed by atoms with Crippen molar-refractivity contribution in [2.24, 2.45) is 0 Å². The summed E-state index contributed by atoms with van der Waals surface area (Å²) in [5, 5.41) is 3.05. The van der Waals surface area contributed by atoms with Gasteiger partial charge in [-0.1, -0.05) is 0 Å². The Kier molecular flexibility index (Phi) is 3.05. The van der Waals surface area contributed by atoms with Gasteiger partial charge in [0, 0.05) is 29.5 Å². The van der Waals surface area contributed by atoms with Crippen LogP contribution in [-0.4, -0.2) is 25.3 Å². The lowest BCUT2D eigenvalue weighted by Gasteiger charge is -2.04. The van der Waals surface area contributed by atoms with Crippen molar-refractivity contribution in [3.63, 3.8) is 0 Å². The van der Waals surface area contributed by atoms with Gasteiger partial charge >= 0.3 is 0 Å². The number of nitrogens with one attached hydrogen (secondary N) is 2. The summed E-state index contributed by atoms with van der Waals surface area (Å²) < 4.78 is 28.2. The molecule has 4 aromatic rings. The number of fused-ring (bicyclic) bond motifs is 2. The first kappa shape index (κ1) is 14.3. The van der Waals surface area contributed by atoms with E-state index in [4.69, 9.17) is 0 Å². The summed E-state index contributed by atoms with van der Waals surface area (Å²) in [6.45, 7) is 1.83. The standard InChI is InChI=1S/C16H11F2N5O/c1-8-2-3-23-14(7-20-16(23)21-8)15(24)22-13-6-19-12-5-11(18)10(17)4-9(12)13/h2-7,19H,1H3,(H,22,24). The second-order valence-electron chi connectivity index (χ2n) is 5.35. The van der Waals surface area contributed by atoms with E-state index >= 15 is 0 Å². The molecule has 0 radical (unpaired) electrons. The van der Waals surface area contributed by atoms with Crippen LogP contribution >= 0.6 is 0 Å². The zero-order valence-corrected chi connectivity index (χ0v) is 12.5. The number of carbonyl (C=O) groups is 1. The Bertz CT molecular complexity index is 1100. The van der Waals surface area contributed by atoms with Crippen molar-refractivity contribution in [2.75, 3.05) is 5.32 Å².